The molecule has 0 spiro atoms. The molecule has 1 unspecified atom stereocenters. The number of ether oxygens (including phenoxy) is 4. The third-order valence-electron chi connectivity index (χ3n) is 13.3. The maximum Gasteiger partial charge on any atom is 0.337 e. The summed E-state index contributed by atoms with van der Waals surface area (Å²) >= 11 is 0. The lowest BCUT2D eigenvalue weighted by Gasteiger charge is -2.18. The van der Waals surface area contributed by atoms with Crippen LogP contribution in [0.3, 0.4) is 0 Å². The molecule has 0 aliphatic rings. The molecule has 408 valence electrons. The van der Waals surface area contributed by atoms with Gasteiger partial charge in [-0.1, -0.05) is 78.9 Å². The van der Waals surface area contributed by atoms with Crippen LogP contribution in [0.4, 0.5) is 34.1 Å². The summed E-state index contributed by atoms with van der Waals surface area (Å²) in [7, 11) is 6.19. The molecule has 0 heterocycles. The van der Waals surface area contributed by atoms with Crippen molar-refractivity contribution in [3.05, 3.63) is 203 Å². The summed E-state index contributed by atoms with van der Waals surface area (Å²) in [6.07, 6.45) is 1.24. The number of rotatable bonds is 25. The Morgan fingerprint density at radius 3 is 1.50 bits per heavy atom. The normalized spacial score (nSPS) is 11.1. The van der Waals surface area contributed by atoms with Crippen molar-refractivity contribution >= 4 is 63.8 Å². The monoisotopic (exact) mass is 1080 g/mol. The van der Waals surface area contributed by atoms with Gasteiger partial charge in [-0.15, -0.1) is 0 Å². The first kappa shape index (κ1) is 55.9. The van der Waals surface area contributed by atoms with Crippen molar-refractivity contribution in [3.8, 4) is 45.3 Å². The van der Waals surface area contributed by atoms with E-state index in [1.54, 1.807) is 100 Å². The summed E-state index contributed by atoms with van der Waals surface area (Å²) in [5.74, 6) is -2.08. The molecular weight excluding hydrogens is 1020 g/mol. The van der Waals surface area contributed by atoms with Gasteiger partial charge in [-0.25, -0.2) is 14.4 Å². The van der Waals surface area contributed by atoms with Crippen molar-refractivity contribution in [2.24, 2.45) is 0 Å². The first-order chi connectivity index (χ1) is 38.8. The molecule has 0 aliphatic heterocycles. The summed E-state index contributed by atoms with van der Waals surface area (Å²) < 4.78 is 23.0. The Labute approximate surface area is 462 Å². The third kappa shape index (κ3) is 13.4. The van der Waals surface area contributed by atoms with Crippen LogP contribution in [0.5, 0.6) is 23.0 Å². The van der Waals surface area contributed by atoms with Gasteiger partial charge in [0, 0.05) is 35.8 Å². The van der Waals surface area contributed by atoms with E-state index in [0.717, 1.165) is 27.8 Å². The molecule has 0 fully saturated rings. The van der Waals surface area contributed by atoms with E-state index < -0.39 is 29.9 Å². The van der Waals surface area contributed by atoms with E-state index in [1.165, 1.54) is 19.2 Å². The summed E-state index contributed by atoms with van der Waals surface area (Å²) in [5, 5.41) is 44.8. The number of methoxy groups -OCH3 is 4. The summed E-state index contributed by atoms with van der Waals surface area (Å²) in [6.45, 7) is 0.248. The molecule has 1 atom stereocenters. The first-order valence-electron chi connectivity index (χ1n) is 25.4. The molecule has 8 aromatic rings. The van der Waals surface area contributed by atoms with Gasteiger partial charge in [0.15, 0.2) is 0 Å². The van der Waals surface area contributed by atoms with Crippen molar-refractivity contribution in [2.75, 3.05) is 50.9 Å². The minimum Gasteiger partial charge on any atom is -0.496 e. The zero-order valence-corrected chi connectivity index (χ0v) is 44.3. The highest BCUT2D eigenvalue weighted by Gasteiger charge is 2.23. The van der Waals surface area contributed by atoms with E-state index in [9.17, 15) is 39.3 Å². The molecule has 0 saturated heterocycles. The number of carbonyl (C=O) groups is 5. The van der Waals surface area contributed by atoms with Gasteiger partial charge in [0.05, 0.1) is 73.6 Å². The number of unbranched alkanes of at least 4 members (excludes halogenated alkanes) is 1. The molecule has 2 amide bonds. The van der Waals surface area contributed by atoms with Crippen LogP contribution in [-0.4, -0.2) is 86.1 Å². The van der Waals surface area contributed by atoms with E-state index in [0.29, 0.717) is 93.1 Å². The minimum absolute atomic E-state index is 0.119. The second-order valence-corrected chi connectivity index (χ2v) is 18.3. The zero-order chi connectivity index (χ0) is 56.7. The number of benzene rings is 8. The maximum atomic E-state index is 13.8. The van der Waals surface area contributed by atoms with Gasteiger partial charge in [-0.3, -0.25) is 9.59 Å². The molecule has 17 heteroatoms. The third-order valence-corrected chi connectivity index (χ3v) is 13.3. The minimum atomic E-state index is -1.19. The Morgan fingerprint density at radius 2 is 0.938 bits per heavy atom. The highest BCUT2D eigenvalue weighted by molar-refractivity contribution is 6.01. The Balaban J connectivity index is 0.856. The number of amides is 2. The molecular formula is C63H59N5O12. The van der Waals surface area contributed by atoms with Gasteiger partial charge in [0.25, 0.3) is 11.8 Å². The predicted octanol–water partition coefficient (Wildman–Crippen LogP) is 12.1. The van der Waals surface area contributed by atoms with Crippen molar-refractivity contribution in [1.82, 2.24) is 10.6 Å². The number of nitrogens with one attached hydrogen (secondary N) is 5. The fraction of sp³-hybridized carbons (Fsp3) is 0.159. The van der Waals surface area contributed by atoms with Crippen LogP contribution in [0.1, 0.15) is 71.8 Å². The van der Waals surface area contributed by atoms with Crippen LogP contribution < -0.4 is 45.5 Å². The van der Waals surface area contributed by atoms with Gasteiger partial charge >= 0.3 is 17.9 Å². The van der Waals surface area contributed by atoms with Crippen molar-refractivity contribution in [1.29, 1.82) is 0 Å². The number of hydrogen-bond donors (Lipinski definition) is 8. The number of aromatic carboxylic acids is 2. The summed E-state index contributed by atoms with van der Waals surface area (Å²) in [6, 6.07) is 48.3. The number of hydrogen-bond acceptors (Lipinski definition) is 12. The molecule has 0 bridgehead atoms. The Bertz CT molecular complexity index is 3580. The smallest absolute Gasteiger partial charge is 0.337 e. The SMILES string of the molecule is COc1cc(-c2ccc(Nc3ccccc3C(=O)O)cc2OC)ccc1Cc1ccccc1C(=O)NC(CCCCNC(=O)c1ccccc1Nc1ccc(-c2ccc(Nc3ccccc3C(=O)O)c(OC)c2)cc1OC)C(=O)O. The van der Waals surface area contributed by atoms with E-state index in [1.807, 2.05) is 78.9 Å². The van der Waals surface area contributed by atoms with Crippen LogP contribution in [0, 0.1) is 0 Å². The summed E-state index contributed by atoms with van der Waals surface area (Å²) in [4.78, 5) is 63.5. The summed E-state index contributed by atoms with van der Waals surface area (Å²) in [5.41, 5.74) is 8.76. The van der Waals surface area contributed by atoms with Gasteiger partial charge in [-0.2, -0.15) is 0 Å². The van der Waals surface area contributed by atoms with Crippen LogP contribution in [0.25, 0.3) is 22.3 Å². The average molecular weight is 1080 g/mol. The fourth-order valence-corrected chi connectivity index (χ4v) is 9.17. The van der Waals surface area contributed by atoms with Crippen LogP contribution in [0.2, 0.25) is 0 Å². The highest BCUT2D eigenvalue weighted by Crippen LogP contribution is 2.39. The lowest BCUT2D eigenvalue weighted by atomic mass is 9.95. The molecule has 8 N–H and O–H groups in total. The van der Waals surface area contributed by atoms with Gasteiger partial charge in [-0.05, 0) is 132 Å². The highest BCUT2D eigenvalue weighted by atomic mass is 16.5. The Morgan fingerprint density at radius 1 is 0.438 bits per heavy atom. The van der Waals surface area contributed by atoms with E-state index in [2.05, 4.69) is 26.6 Å². The number of carboxylic acids is 3. The molecule has 17 nitrogen and oxygen atoms in total. The second-order valence-electron chi connectivity index (χ2n) is 18.3. The quantitative estimate of drug-likeness (QED) is 0.0248. The van der Waals surface area contributed by atoms with Gasteiger partial charge < -0.3 is 60.9 Å². The molecule has 80 heavy (non-hydrogen) atoms. The lowest BCUT2D eigenvalue weighted by Crippen LogP contribution is -2.41. The lowest BCUT2D eigenvalue weighted by molar-refractivity contribution is -0.139. The van der Waals surface area contributed by atoms with Crippen molar-refractivity contribution < 1.29 is 58.2 Å². The Kier molecular flexibility index (Phi) is 18.3. The topological polar surface area (TPSA) is 243 Å². The standard InChI is InChI=1S/C63H59N5O12/c1-77-55-36-41(44-29-28-43(37-56(44)78-2)65-50-21-11-8-18-47(50)61(71)72)24-25-42(55)33-40-15-5-6-16-45(40)60(70)68-54(63(75)76)23-13-14-32-64-59(69)46-17-7-10-20-49(46)66-52-30-26-38(34-57(52)79-3)39-27-31-53(58(35-39)80-4)67-51-22-12-9-19-48(51)62(73)74/h5-12,15-22,24-31,34-37,54,65-67H,13-14,23,32-33H2,1-4H3,(H,64,69)(H,68,70)(H,71,72)(H,73,74)(H,75,76). The van der Waals surface area contributed by atoms with E-state index in [4.69, 9.17) is 18.9 Å². The van der Waals surface area contributed by atoms with Crippen molar-refractivity contribution in [2.45, 2.75) is 31.7 Å². The number of carboxylic acid groups (broad SMARTS) is 3. The van der Waals surface area contributed by atoms with Crippen LogP contribution in [0.15, 0.2) is 170 Å². The largest absolute Gasteiger partial charge is 0.496 e. The molecule has 0 aromatic heterocycles. The zero-order valence-electron chi connectivity index (χ0n) is 44.3. The second kappa shape index (κ2) is 26.2. The average Bonchev–Trinajstić information content (AvgIpc) is 3.48. The number of para-hydroxylation sites is 3. The van der Waals surface area contributed by atoms with Crippen LogP contribution >= 0.6 is 0 Å². The number of carbonyl (C=O) groups excluding carboxylic acids is 2. The maximum absolute atomic E-state index is 13.8. The molecule has 0 aliphatic carbocycles. The number of aliphatic carboxylic acids is 1. The molecule has 8 aromatic carbocycles. The van der Waals surface area contributed by atoms with E-state index in [-0.39, 0.29) is 30.0 Å². The van der Waals surface area contributed by atoms with Gasteiger partial charge in [0.1, 0.15) is 29.0 Å². The predicted molar refractivity (Wildman–Crippen MR) is 307 cm³/mol. The number of anilines is 6. The Hall–Kier alpha value is -10.3. The fourth-order valence-electron chi connectivity index (χ4n) is 9.17. The molecule has 0 radical (unpaired) electrons. The first-order valence-corrected chi connectivity index (χ1v) is 25.4. The van der Waals surface area contributed by atoms with E-state index >= 15 is 0 Å². The van der Waals surface area contributed by atoms with Crippen molar-refractivity contribution in [3.63, 3.8) is 0 Å². The molecule has 8 rings (SSSR count). The molecule has 0 saturated carbocycles. The van der Waals surface area contributed by atoms with Crippen LogP contribution in [-0.2, 0) is 11.2 Å². The van der Waals surface area contributed by atoms with Gasteiger partial charge in [0.2, 0.25) is 0 Å².